The van der Waals surface area contributed by atoms with Gasteiger partial charge in [0.2, 0.25) is 0 Å². The number of aromatic nitrogens is 3. The molecule has 2 aromatic heterocycles. The van der Waals surface area contributed by atoms with Crippen molar-refractivity contribution in [2.45, 2.75) is 64.8 Å². The monoisotopic (exact) mass is 411 g/mol. The Hall–Kier alpha value is -2.08. The summed E-state index contributed by atoms with van der Waals surface area (Å²) in [5.74, 6) is 1.41. The number of hydrogen-bond acceptors (Lipinski definition) is 3. The molecule has 0 aromatic carbocycles. The molecule has 0 bridgehead atoms. The lowest BCUT2D eigenvalue weighted by Gasteiger charge is -2.39. The number of hydrogen-bond donors (Lipinski definition) is 2. The number of carbonyl (C=O) groups is 1. The highest BCUT2D eigenvalue weighted by atomic mass is 16.2. The van der Waals surface area contributed by atoms with Gasteiger partial charge in [0.05, 0.1) is 11.9 Å². The molecule has 3 heterocycles. The molecule has 1 amide bonds. The van der Waals surface area contributed by atoms with E-state index in [-0.39, 0.29) is 11.9 Å². The van der Waals surface area contributed by atoms with Crippen molar-refractivity contribution in [3.05, 3.63) is 29.2 Å². The lowest BCUT2D eigenvalue weighted by molar-refractivity contribution is 0.0864. The summed E-state index contributed by atoms with van der Waals surface area (Å²) >= 11 is 0. The van der Waals surface area contributed by atoms with Gasteiger partial charge in [0.1, 0.15) is 5.69 Å². The molecular weight excluding hydrogens is 374 g/mol. The number of aryl methyl sites for hydroxylation is 2. The Labute approximate surface area is 180 Å². The van der Waals surface area contributed by atoms with E-state index in [4.69, 9.17) is 0 Å². The fraction of sp³-hybridized carbons (Fsp3) is 0.667. The van der Waals surface area contributed by atoms with Crippen molar-refractivity contribution in [3.8, 4) is 11.3 Å². The average Bonchev–Trinajstić information content (AvgIpc) is 3.26. The van der Waals surface area contributed by atoms with Gasteiger partial charge >= 0.3 is 0 Å². The van der Waals surface area contributed by atoms with Gasteiger partial charge in [-0.05, 0) is 49.8 Å². The summed E-state index contributed by atoms with van der Waals surface area (Å²) in [6.45, 7) is 6.18. The molecule has 6 heteroatoms. The lowest BCUT2D eigenvalue weighted by Crippen LogP contribution is -2.53. The van der Waals surface area contributed by atoms with Gasteiger partial charge in [0.15, 0.2) is 0 Å². The molecule has 30 heavy (non-hydrogen) atoms. The van der Waals surface area contributed by atoms with Crippen LogP contribution in [0.4, 0.5) is 0 Å². The Balaban J connectivity index is 1.58. The number of nitrogens with one attached hydrogen (secondary N) is 2. The van der Waals surface area contributed by atoms with Gasteiger partial charge in [-0.25, -0.2) is 0 Å². The molecule has 164 valence electrons. The molecule has 2 fully saturated rings. The molecule has 0 spiro atoms. The Bertz CT molecular complexity index is 870. The SMILES string of the molecule is CCc1c(-c2c(C)cnn2C)cc(C(=O)N[C@H]2CNCC[C@@H]2C2CCCCC2)n1C. The summed E-state index contributed by atoms with van der Waals surface area (Å²) < 4.78 is 3.98. The van der Waals surface area contributed by atoms with E-state index < -0.39 is 0 Å². The van der Waals surface area contributed by atoms with Crippen LogP contribution in [-0.4, -0.2) is 39.4 Å². The van der Waals surface area contributed by atoms with Crippen LogP contribution in [-0.2, 0) is 20.5 Å². The van der Waals surface area contributed by atoms with E-state index in [1.165, 1.54) is 44.2 Å². The third kappa shape index (κ3) is 3.94. The standard InChI is InChI=1S/C24H37N5O/c1-5-21-19(23-16(2)14-26-29(23)4)13-22(28(21)3)24(30)27-20-15-25-12-11-18(20)17-9-7-6-8-10-17/h13-14,17-18,20,25H,5-12,15H2,1-4H3,(H,27,30)/t18-,20+/m1/s1. The summed E-state index contributed by atoms with van der Waals surface area (Å²) in [5, 5.41) is 11.3. The fourth-order valence-corrected chi connectivity index (χ4v) is 5.83. The maximum atomic E-state index is 13.4. The lowest BCUT2D eigenvalue weighted by atomic mass is 9.74. The summed E-state index contributed by atoms with van der Waals surface area (Å²) in [4.78, 5) is 13.4. The van der Waals surface area contributed by atoms with Crippen LogP contribution >= 0.6 is 0 Å². The van der Waals surface area contributed by atoms with Crippen molar-refractivity contribution >= 4 is 5.91 Å². The van der Waals surface area contributed by atoms with Crippen LogP contribution in [0.15, 0.2) is 12.3 Å². The summed E-state index contributed by atoms with van der Waals surface area (Å²) in [7, 11) is 3.98. The highest BCUT2D eigenvalue weighted by molar-refractivity contribution is 5.95. The van der Waals surface area contributed by atoms with Crippen molar-refractivity contribution in [2.75, 3.05) is 13.1 Å². The van der Waals surface area contributed by atoms with E-state index >= 15 is 0 Å². The zero-order valence-electron chi connectivity index (χ0n) is 19.0. The van der Waals surface area contributed by atoms with Gasteiger partial charge in [-0.15, -0.1) is 0 Å². The second-order valence-electron chi connectivity index (χ2n) is 9.24. The van der Waals surface area contributed by atoms with E-state index in [0.717, 1.165) is 47.9 Å². The number of nitrogens with zero attached hydrogens (tertiary/aromatic N) is 3. The number of rotatable bonds is 5. The predicted molar refractivity (Wildman–Crippen MR) is 121 cm³/mol. The van der Waals surface area contributed by atoms with Crippen LogP contribution in [0.1, 0.15) is 67.2 Å². The minimum absolute atomic E-state index is 0.0489. The Morgan fingerprint density at radius 2 is 2.00 bits per heavy atom. The highest BCUT2D eigenvalue weighted by Gasteiger charge is 2.34. The molecule has 0 unspecified atom stereocenters. The third-order valence-corrected chi connectivity index (χ3v) is 7.41. The molecule has 4 rings (SSSR count). The van der Waals surface area contributed by atoms with Crippen LogP contribution in [0.2, 0.25) is 0 Å². The van der Waals surface area contributed by atoms with Crippen molar-refractivity contribution in [1.82, 2.24) is 25.0 Å². The summed E-state index contributed by atoms with van der Waals surface area (Å²) in [5.41, 5.74) is 5.28. The van der Waals surface area contributed by atoms with Crippen LogP contribution in [0, 0.1) is 18.8 Å². The number of carbonyl (C=O) groups excluding carboxylic acids is 1. The topological polar surface area (TPSA) is 63.9 Å². The molecule has 1 aliphatic carbocycles. The van der Waals surface area contributed by atoms with Crippen LogP contribution in [0.3, 0.4) is 0 Å². The highest BCUT2D eigenvalue weighted by Crippen LogP contribution is 2.35. The van der Waals surface area contributed by atoms with E-state index in [0.29, 0.717) is 5.92 Å². The number of amides is 1. The average molecular weight is 412 g/mol. The smallest absolute Gasteiger partial charge is 0.268 e. The number of piperidine rings is 1. The Morgan fingerprint density at radius 1 is 1.23 bits per heavy atom. The largest absolute Gasteiger partial charge is 0.346 e. The van der Waals surface area contributed by atoms with Crippen LogP contribution in [0.5, 0.6) is 0 Å². The predicted octanol–water partition coefficient (Wildman–Crippen LogP) is 3.58. The zero-order valence-corrected chi connectivity index (χ0v) is 19.0. The van der Waals surface area contributed by atoms with Gasteiger partial charge in [-0.3, -0.25) is 9.48 Å². The maximum absolute atomic E-state index is 13.4. The molecular formula is C24H37N5O. The van der Waals surface area contributed by atoms with Gasteiger partial charge in [-0.1, -0.05) is 39.0 Å². The van der Waals surface area contributed by atoms with E-state index in [1.807, 2.05) is 25.0 Å². The first-order chi connectivity index (χ1) is 14.5. The van der Waals surface area contributed by atoms with Gasteiger partial charge < -0.3 is 15.2 Å². The third-order valence-electron chi connectivity index (χ3n) is 7.41. The molecule has 1 saturated carbocycles. The minimum atomic E-state index is 0.0489. The Kier molecular flexibility index (Phi) is 6.32. The van der Waals surface area contributed by atoms with Crippen molar-refractivity contribution in [2.24, 2.45) is 25.9 Å². The Morgan fingerprint density at radius 3 is 2.67 bits per heavy atom. The molecule has 2 aromatic rings. The zero-order chi connectivity index (χ0) is 21.3. The van der Waals surface area contributed by atoms with Crippen molar-refractivity contribution < 1.29 is 4.79 Å². The molecule has 1 aliphatic heterocycles. The van der Waals surface area contributed by atoms with Crippen molar-refractivity contribution in [1.29, 1.82) is 0 Å². The summed E-state index contributed by atoms with van der Waals surface area (Å²) in [6.07, 6.45) is 10.7. The van der Waals surface area contributed by atoms with Gasteiger partial charge in [0, 0.05) is 37.9 Å². The van der Waals surface area contributed by atoms with Gasteiger partial charge in [-0.2, -0.15) is 5.10 Å². The van der Waals surface area contributed by atoms with E-state index in [1.54, 1.807) is 0 Å². The molecule has 1 saturated heterocycles. The van der Waals surface area contributed by atoms with Crippen LogP contribution in [0.25, 0.3) is 11.3 Å². The quantitative estimate of drug-likeness (QED) is 0.790. The van der Waals surface area contributed by atoms with E-state index in [2.05, 4.69) is 40.2 Å². The van der Waals surface area contributed by atoms with Crippen molar-refractivity contribution in [3.63, 3.8) is 0 Å². The normalized spacial score (nSPS) is 22.9. The first-order valence-electron chi connectivity index (χ1n) is 11.7. The first kappa shape index (κ1) is 21.2. The van der Waals surface area contributed by atoms with Gasteiger partial charge in [0.25, 0.3) is 5.91 Å². The molecule has 2 aliphatic rings. The summed E-state index contributed by atoms with van der Waals surface area (Å²) in [6, 6.07) is 2.28. The molecule has 2 N–H and O–H groups in total. The second-order valence-corrected chi connectivity index (χ2v) is 9.24. The van der Waals surface area contributed by atoms with E-state index in [9.17, 15) is 4.79 Å². The molecule has 0 radical (unpaired) electrons. The minimum Gasteiger partial charge on any atom is -0.346 e. The maximum Gasteiger partial charge on any atom is 0.268 e. The molecule has 2 atom stereocenters. The van der Waals surface area contributed by atoms with Crippen LogP contribution < -0.4 is 10.6 Å². The molecule has 6 nitrogen and oxygen atoms in total. The fourth-order valence-electron chi connectivity index (χ4n) is 5.83. The first-order valence-corrected chi connectivity index (χ1v) is 11.7. The second kappa shape index (κ2) is 8.96.